The number of aromatic nitrogens is 3. The number of ether oxygens (including phenoxy) is 1. The van der Waals surface area contributed by atoms with Crippen molar-refractivity contribution in [3.8, 4) is 17.1 Å². The SMILES string of the molecule is Clc1ccc(-c2cn3nc(OCCCN4CCCCC4)ccc3n2)cc1. The zero-order valence-corrected chi connectivity index (χ0v) is 15.5. The van der Waals surface area contributed by atoms with Crippen LogP contribution in [0.4, 0.5) is 0 Å². The molecule has 5 nitrogen and oxygen atoms in total. The van der Waals surface area contributed by atoms with Crippen molar-refractivity contribution in [3.63, 3.8) is 0 Å². The third kappa shape index (κ3) is 4.17. The van der Waals surface area contributed by atoms with Gasteiger partial charge in [-0.15, -0.1) is 5.10 Å². The highest BCUT2D eigenvalue weighted by atomic mass is 35.5. The van der Waals surface area contributed by atoms with Crippen molar-refractivity contribution in [1.82, 2.24) is 19.5 Å². The van der Waals surface area contributed by atoms with Crippen LogP contribution in [0, 0.1) is 0 Å². The Morgan fingerprint density at radius 2 is 1.81 bits per heavy atom. The fraction of sp³-hybridized carbons (Fsp3) is 0.400. The Kier molecular flexibility index (Phi) is 5.37. The van der Waals surface area contributed by atoms with E-state index in [0.717, 1.165) is 34.9 Å². The monoisotopic (exact) mass is 370 g/mol. The van der Waals surface area contributed by atoms with Gasteiger partial charge in [-0.05, 0) is 50.6 Å². The van der Waals surface area contributed by atoms with E-state index in [1.807, 2.05) is 42.6 Å². The average molecular weight is 371 g/mol. The third-order valence-electron chi connectivity index (χ3n) is 4.75. The molecule has 0 saturated carbocycles. The molecule has 1 saturated heterocycles. The Bertz CT molecular complexity index is 856. The molecule has 136 valence electrons. The van der Waals surface area contributed by atoms with Gasteiger partial charge in [0.25, 0.3) is 0 Å². The molecule has 0 bridgehead atoms. The van der Waals surface area contributed by atoms with E-state index in [0.29, 0.717) is 12.5 Å². The Morgan fingerprint density at radius 1 is 1.00 bits per heavy atom. The van der Waals surface area contributed by atoms with E-state index in [1.165, 1.54) is 32.4 Å². The van der Waals surface area contributed by atoms with Crippen molar-refractivity contribution in [2.45, 2.75) is 25.7 Å². The molecule has 1 aliphatic rings. The predicted molar refractivity (Wildman–Crippen MR) is 104 cm³/mol. The summed E-state index contributed by atoms with van der Waals surface area (Å²) < 4.78 is 7.60. The molecule has 0 radical (unpaired) electrons. The number of fused-ring (bicyclic) bond motifs is 1. The lowest BCUT2D eigenvalue weighted by atomic mass is 10.1. The minimum absolute atomic E-state index is 0.635. The molecular weight excluding hydrogens is 348 g/mol. The van der Waals surface area contributed by atoms with Crippen LogP contribution in [0.2, 0.25) is 5.02 Å². The van der Waals surface area contributed by atoms with Gasteiger partial charge in [-0.2, -0.15) is 0 Å². The maximum atomic E-state index is 5.95. The number of likely N-dealkylation sites (tertiary alicyclic amines) is 1. The van der Waals surface area contributed by atoms with Gasteiger partial charge in [-0.25, -0.2) is 9.50 Å². The summed E-state index contributed by atoms with van der Waals surface area (Å²) in [6, 6.07) is 11.5. The quantitative estimate of drug-likeness (QED) is 0.606. The van der Waals surface area contributed by atoms with Gasteiger partial charge in [0.1, 0.15) is 0 Å². The lowest BCUT2D eigenvalue weighted by Crippen LogP contribution is -2.31. The summed E-state index contributed by atoms with van der Waals surface area (Å²) >= 11 is 5.95. The molecule has 0 atom stereocenters. The summed E-state index contributed by atoms with van der Waals surface area (Å²) in [7, 11) is 0. The summed E-state index contributed by atoms with van der Waals surface area (Å²) in [5, 5.41) is 5.23. The molecule has 0 unspecified atom stereocenters. The van der Waals surface area contributed by atoms with Crippen molar-refractivity contribution in [1.29, 1.82) is 0 Å². The van der Waals surface area contributed by atoms with Gasteiger partial charge < -0.3 is 9.64 Å². The van der Waals surface area contributed by atoms with Gasteiger partial charge in [0, 0.05) is 23.2 Å². The van der Waals surface area contributed by atoms with Gasteiger partial charge >= 0.3 is 0 Å². The second-order valence-electron chi connectivity index (χ2n) is 6.71. The first-order valence-corrected chi connectivity index (χ1v) is 9.63. The standard InChI is InChI=1S/C20H23ClN4O/c21-17-7-5-16(6-8-17)18-15-25-19(22-18)9-10-20(23-25)26-14-4-13-24-11-2-1-3-12-24/h5-10,15H,1-4,11-14H2. The summed E-state index contributed by atoms with van der Waals surface area (Å²) in [5.41, 5.74) is 2.69. The lowest BCUT2D eigenvalue weighted by molar-refractivity contribution is 0.202. The van der Waals surface area contributed by atoms with E-state index in [9.17, 15) is 0 Å². The van der Waals surface area contributed by atoms with Gasteiger partial charge in [0.2, 0.25) is 5.88 Å². The number of rotatable bonds is 6. The van der Waals surface area contributed by atoms with Gasteiger partial charge in [0.05, 0.1) is 18.5 Å². The molecule has 1 fully saturated rings. The summed E-state index contributed by atoms with van der Waals surface area (Å²) in [6.45, 7) is 4.25. The van der Waals surface area contributed by atoms with Crippen molar-refractivity contribution in [2.24, 2.45) is 0 Å². The van der Waals surface area contributed by atoms with Gasteiger partial charge in [-0.3, -0.25) is 0 Å². The van der Waals surface area contributed by atoms with Gasteiger partial charge in [-0.1, -0.05) is 30.2 Å². The number of hydrogen-bond donors (Lipinski definition) is 0. The summed E-state index contributed by atoms with van der Waals surface area (Å²) in [4.78, 5) is 7.13. The second-order valence-corrected chi connectivity index (χ2v) is 7.15. The normalized spacial score (nSPS) is 15.4. The zero-order valence-electron chi connectivity index (χ0n) is 14.8. The molecule has 0 spiro atoms. The maximum Gasteiger partial charge on any atom is 0.231 e. The first-order valence-electron chi connectivity index (χ1n) is 9.25. The molecule has 26 heavy (non-hydrogen) atoms. The van der Waals surface area contributed by atoms with Crippen molar-refractivity contribution >= 4 is 17.2 Å². The van der Waals surface area contributed by atoms with E-state index in [-0.39, 0.29) is 0 Å². The first-order chi connectivity index (χ1) is 12.8. The zero-order chi connectivity index (χ0) is 17.8. The molecule has 4 rings (SSSR count). The number of hydrogen-bond acceptors (Lipinski definition) is 4. The van der Waals surface area contributed by atoms with Crippen LogP contribution >= 0.6 is 11.6 Å². The number of benzene rings is 1. The van der Waals surface area contributed by atoms with Crippen LogP contribution in [0.5, 0.6) is 5.88 Å². The Morgan fingerprint density at radius 3 is 2.62 bits per heavy atom. The second kappa shape index (κ2) is 8.06. The third-order valence-corrected chi connectivity index (χ3v) is 5.00. The summed E-state index contributed by atoms with van der Waals surface area (Å²) in [6.07, 6.45) is 6.98. The van der Waals surface area contributed by atoms with Crippen LogP contribution in [0.15, 0.2) is 42.6 Å². The fourth-order valence-corrected chi connectivity index (χ4v) is 3.48. The molecule has 1 aromatic carbocycles. The number of nitrogens with zero attached hydrogens (tertiary/aromatic N) is 4. The van der Waals surface area contributed by atoms with E-state index in [4.69, 9.17) is 16.3 Å². The molecule has 0 N–H and O–H groups in total. The molecule has 3 heterocycles. The molecule has 6 heteroatoms. The molecule has 3 aromatic rings. The van der Waals surface area contributed by atoms with Gasteiger partial charge in [0.15, 0.2) is 5.65 Å². The molecule has 0 amide bonds. The van der Waals surface area contributed by atoms with Crippen LogP contribution in [-0.4, -0.2) is 45.7 Å². The van der Waals surface area contributed by atoms with Crippen LogP contribution in [0.25, 0.3) is 16.9 Å². The molecule has 2 aromatic heterocycles. The number of imidazole rings is 1. The fourth-order valence-electron chi connectivity index (χ4n) is 3.35. The van der Waals surface area contributed by atoms with E-state index >= 15 is 0 Å². The predicted octanol–water partition coefficient (Wildman–Crippen LogP) is 4.30. The molecular formula is C20H23ClN4O. The highest BCUT2D eigenvalue weighted by molar-refractivity contribution is 6.30. The lowest BCUT2D eigenvalue weighted by Gasteiger charge is -2.26. The Labute approximate surface area is 158 Å². The smallest absolute Gasteiger partial charge is 0.231 e. The molecule has 0 aliphatic carbocycles. The Hall–Kier alpha value is -2.11. The van der Waals surface area contributed by atoms with Crippen LogP contribution in [0.3, 0.4) is 0 Å². The highest BCUT2D eigenvalue weighted by Gasteiger charge is 2.10. The van der Waals surface area contributed by atoms with E-state index in [1.54, 1.807) is 4.52 Å². The number of piperidine rings is 1. The van der Waals surface area contributed by atoms with Crippen molar-refractivity contribution in [3.05, 3.63) is 47.6 Å². The van der Waals surface area contributed by atoms with E-state index < -0.39 is 0 Å². The minimum Gasteiger partial charge on any atom is -0.477 e. The minimum atomic E-state index is 0.635. The van der Waals surface area contributed by atoms with E-state index in [2.05, 4.69) is 15.0 Å². The largest absolute Gasteiger partial charge is 0.477 e. The highest BCUT2D eigenvalue weighted by Crippen LogP contribution is 2.21. The van der Waals surface area contributed by atoms with Crippen molar-refractivity contribution < 1.29 is 4.74 Å². The summed E-state index contributed by atoms with van der Waals surface area (Å²) in [5.74, 6) is 0.635. The topological polar surface area (TPSA) is 42.7 Å². The van der Waals surface area contributed by atoms with Crippen LogP contribution in [-0.2, 0) is 0 Å². The van der Waals surface area contributed by atoms with Crippen molar-refractivity contribution in [2.75, 3.05) is 26.2 Å². The first kappa shape index (κ1) is 17.3. The average Bonchev–Trinajstić information content (AvgIpc) is 3.10. The maximum absolute atomic E-state index is 5.95. The van der Waals surface area contributed by atoms with Crippen LogP contribution < -0.4 is 4.74 Å². The Balaban J connectivity index is 1.37. The van der Waals surface area contributed by atoms with Crippen LogP contribution in [0.1, 0.15) is 25.7 Å². The molecule has 1 aliphatic heterocycles. The number of halogens is 1.